The number of rotatable bonds is 14. The van der Waals surface area contributed by atoms with Crippen molar-refractivity contribution in [2.24, 2.45) is 11.7 Å². The molecule has 8 heteroatoms. The number of aromatic nitrogens is 3. The fourth-order valence-corrected chi connectivity index (χ4v) is 5.50. The summed E-state index contributed by atoms with van der Waals surface area (Å²) in [5.74, 6) is 1.88. The molecule has 264 valence electrons. The highest BCUT2D eigenvalue weighted by atomic mass is 16.5. The molecule has 2 atom stereocenters. The van der Waals surface area contributed by atoms with E-state index < -0.39 is 0 Å². The van der Waals surface area contributed by atoms with Crippen LogP contribution >= 0.6 is 0 Å². The Bertz CT molecular complexity index is 1200. The van der Waals surface area contributed by atoms with Crippen LogP contribution in [0, 0.1) is 12.8 Å². The lowest BCUT2D eigenvalue weighted by Crippen LogP contribution is -2.37. The first-order valence-electron chi connectivity index (χ1n) is 18.4. The number of allylic oxidation sites excluding steroid dienone is 3. The van der Waals surface area contributed by atoms with Crippen molar-refractivity contribution in [1.29, 1.82) is 0 Å². The Hall–Kier alpha value is -2.81. The van der Waals surface area contributed by atoms with E-state index in [-0.39, 0.29) is 0 Å². The molecule has 2 unspecified atom stereocenters. The summed E-state index contributed by atoms with van der Waals surface area (Å²) in [6, 6.07) is 4.42. The molecule has 4 rings (SSSR count). The van der Waals surface area contributed by atoms with Crippen molar-refractivity contribution < 1.29 is 9.47 Å². The van der Waals surface area contributed by atoms with Crippen LogP contribution in [-0.4, -0.2) is 67.5 Å². The van der Waals surface area contributed by atoms with E-state index in [9.17, 15) is 0 Å². The van der Waals surface area contributed by atoms with E-state index >= 15 is 0 Å². The second-order valence-electron chi connectivity index (χ2n) is 12.7. The number of anilines is 1. The molecule has 1 saturated heterocycles. The summed E-state index contributed by atoms with van der Waals surface area (Å²) in [6.07, 6.45) is 21.4. The van der Waals surface area contributed by atoms with Crippen LogP contribution < -0.4 is 16.0 Å². The highest BCUT2D eigenvalue weighted by Crippen LogP contribution is 2.24. The van der Waals surface area contributed by atoms with E-state index in [0.717, 1.165) is 61.4 Å². The average molecular weight is 651 g/mol. The van der Waals surface area contributed by atoms with Crippen LogP contribution in [0.15, 0.2) is 42.7 Å². The van der Waals surface area contributed by atoms with Crippen LogP contribution in [0.5, 0.6) is 0 Å². The minimum Gasteiger partial charge on any atom is -0.497 e. The summed E-state index contributed by atoms with van der Waals surface area (Å²) in [5.41, 5.74) is 9.92. The van der Waals surface area contributed by atoms with Crippen molar-refractivity contribution in [1.82, 2.24) is 20.3 Å². The fourth-order valence-electron chi connectivity index (χ4n) is 5.50. The number of hydrogen-bond donors (Lipinski definition) is 2. The average Bonchev–Trinajstić information content (AvgIpc) is 3.32. The maximum absolute atomic E-state index is 6.40. The lowest BCUT2D eigenvalue weighted by atomic mass is 9.95. The zero-order valence-electron chi connectivity index (χ0n) is 30.7. The van der Waals surface area contributed by atoms with Crippen molar-refractivity contribution in [3.05, 3.63) is 54.1 Å². The number of nitrogens with zero attached hydrogens (tertiary/aromatic N) is 4. The van der Waals surface area contributed by atoms with E-state index in [4.69, 9.17) is 30.2 Å². The molecule has 1 saturated carbocycles. The molecule has 2 aliphatic rings. The summed E-state index contributed by atoms with van der Waals surface area (Å²) in [6.45, 7) is 19.6. The van der Waals surface area contributed by atoms with Gasteiger partial charge < -0.3 is 25.4 Å². The Morgan fingerprint density at radius 1 is 0.979 bits per heavy atom. The van der Waals surface area contributed by atoms with Gasteiger partial charge in [-0.15, -0.1) is 0 Å². The maximum Gasteiger partial charge on any atom is 0.227 e. The first-order chi connectivity index (χ1) is 22.9. The maximum atomic E-state index is 6.40. The smallest absolute Gasteiger partial charge is 0.227 e. The molecule has 0 bridgehead atoms. The predicted octanol–water partition coefficient (Wildman–Crippen LogP) is 8.55. The molecule has 2 aromatic rings. The highest BCUT2D eigenvalue weighted by Gasteiger charge is 2.20. The van der Waals surface area contributed by atoms with Gasteiger partial charge in [0.05, 0.1) is 31.7 Å². The molecule has 8 nitrogen and oxygen atoms in total. The number of methoxy groups -OCH3 is 1. The van der Waals surface area contributed by atoms with Gasteiger partial charge in [0.15, 0.2) is 5.65 Å². The van der Waals surface area contributed by atoms with Crippen molar-refractivity contribution in [3.8, 4) is 0 Å². The SMILES string of the molecule is C=C(/C=C\C(=C/CCNCC1CCCCCC1N)c1ccc2c(C)nc(N3CCOCC3)nc2n1)OC.CCCC.CCCCCC. The van der Waals surface area contributed by atoms with Crippen LogP contribution in [0.2, 0.25) is 0 Å². The van der Waals surface area contributed by atoms with Gasteiger partial charge in [0.1, 0.15) is 5.76 Å². The van der Waals surface area contributed by atoms with Crippen LogP contribution in [0.3, 0.4) is 0 Å². The molecule has 1 aliphatic carbocycles. The monoisotopic (exact) mass is 651 g/mol. The summed E-state index contributed by atoms with van der Waals surface area (Å²) >= 11 is 0. The second-order valence-corrected chi connectivity index (χ2v) is 12.7. The van der Waals surface area contributed by atoms with Gasteiger partial charge in [0.25, 0.3) is 0 Å². The third-order valence-electron chi connectivity index (χ3n) is 8.81. The minimum atomic E-state index is 0.318. The number of fused-ring (bicyclic) bond motifs is 1. The van der Waals surface area contributed by atoms with Crippen molar-refractivity contribution in [2.75, 3.05) is 51.4 Å². The van der Waals surface area contributed by atoms with Crippen LogP contribution in [0.1, 0.15) is 116 Å². The number of nitrogens with two attached hydrogens (primary N) is 1. The van der Waals surface area contributed by atoms with Gasteiger partial charge in [-0.25, -0.2) is 9.97 Å². The molecular formula is C39H66N6O2. The number of morpholine rings is 1. The summed E-state index contributed by atoms with van der Waals surface area (Å²) in [7, 11) is 1.62. The molecule has 0 spiro atoms. The number of pyridine rings is 1. The Kier molecular flexibility index (Phi) is 20.9. The number of aryl methyl sites for hydroxylation is 1. The van der Waals surface area contributed by atoms with E-state index in [1.807, 2.05) is 25.1 Å². The van der Waals surface area contributed by atoms with E-state index in [2.05, 4.69) is 56.6 Å². The molecule has 2 fully saturated rings. The molecule has 0 radical (unpaired) electrons. The zero-order chi connectivity index (χ0) is 34.3. The van der Waals surface area contributed by atoms with Crippen LogP contribution in [0.25, 0.3) is 16.6 Å². The van der Waals surface area contributed by atoms with E-state index in [1.54, 1.807) is 7.11 Å². The second kappa shape index (κ2) is 24.3. The number of nitrogens with one attached hydrogen (secondary N) is 1. The van der Waals surface area contributed by atoms with Crippen molar-refractivity contribution in [3.63, 3.8) is 0 Å². The minimum absolute atomic E-state index is 0.318. The molecule has 3 N–H and O–H groups in total. The lowest BCUT2D eigenvalue weighted by Gasteiger charge is -2.27. The van der Waals surface area contributed by atoms with Gasteiger partial charge in [-0.05, 0) is 75.1 Å². The van der Waals surface area contributed by atoms with E-state index in [0.29, 0.717) is 42.5 Å². The van der Waals surface area contributed by atoms with Crippen LogP contribution in [-0.2, 0) is 9.47 Å². The zero-order valence-corrected chi connectivity index (χ0v) is 30.7. The normalized spacial score (nSPS) is 18.6. The number of hydrogen-bond acceptors (Lipinski definition) is 8. The summed E-state index contributed by atoms with van der Waals surface area (Å²) in [4.78, 5) is 16.7. The molecular weight excluding hydrogens is 584 g/mol. The first-order valence-corrected chi connectivity index (χ1v) is 18.4. The molecule has 1 aliphatic heterocycles. The quantitative estimate of drug-likeness (QED) is 0.0909. The molecule has 47 heavy (non-hydrogen) atoms. The van der Waals surface area contributed by atoms with Crippen molar-refractivity contribution >= 4 is 22.6 Å². The standard InChI is InChI=1S/C29H42N6O2.C6H14.C4H10/c1-21(36-3)11-12-23(9-7-15-31-20-24-8-5-4-6-10-26(24)30)27-14-13-25-22(2)32-29(34-28(25)33-27)35-16-18-37-19-17-35;1-3-5-6-4-2;1-3-4-2/h9,11-14,24,26,31H,1,4-8,10,15-20,30H2,2-3H3;3-6H2,1-2H3;3-4H2,1-2H3/b12-11-,23-9+;;. The molecule has 2 aromatic heterocycles. The van der Waals surface area contributed by atoms with Crippen molar-refractivity contribution in [2.45, 2.75) is 118 Å². The predicted molar refractivity (Wildman–Crippen MR) is 201 cm³/mol. The number of ether oxygens (including phenoxy) is 2. The van der Waals surface area contributed by atoms with Gasteiger partial charge in [-0.3, -0.25) is 0 Å². The third-order valence-corrected chi connectivity index (χ3v) is 8.81. The van der Waals surface area contributed by atoms with Gasteiger partial charge >= 0.3 is 0 Å². The lowest BCUT2D eigenvalue weighted by molar-refractivity contribution is 0.122. The van der Waals surface area contributed by atoms with Crippen LogP contribution in [0.4, 0.5) is 5.95 Å². The Morgan fingerprint density at radius 3 is 2.34 bits per heavy atom. The summed E-state index contributed by atoms with van der Waals surface area (Å²) < 4.78 is 10.7. The Morgan fingerprint density at radius 2 is 1.68 bits per heavy atom. The molecule has 0 amide bonds. The van der Waals surface area contributed by atoms with Gasteiger partial charge in [-0.2, -0.15) is 4.98 Å². The largest absolute Gasteiger partial charge is 0.497 e. The van der Waals surface area contributed by atoms with Gasteiger partial charge in [-0.1, -0.05) is 98.1 Å². The molecule has 3 heterocycles. The Labute approximate surface area is 286 Å². The summed E-state index contributed by atoms with van der Waals surface area (Å²) in [5, 5.41) is 4.59. The topological polar surface area (TPSA) is 98.4 Å². The molecule has 0 aromatic carbocycles. The third kappa shape index (κ3) is 15.3. The van der Waals surface area contributed by atoms with E-state index in [1.165, 1.54) is 64.2 Å². The van der Waals surface area contributed by atoms with Gasteiger partial charge in [0.2, 0.25) is 5.95 Å². The number of unbranched alkanes of at least 4 members (excludes halogenated alkanes) is 4. The first kappa shape index (κ1) is 40.4. The fraction of sp³-hybridized carbons (Fsp3) is 0.667. The highest BCUT2D eigenvalue weighted by molar-refractivity contribution is 5.82. The Balaban J connectivity index is 0.000000671. The van der Waals surface area contributed by atoms with Gasteiger partial charge in [0, 0.05) is 24.5 Å².